The largest absolute Gasteiger partial charge is 0.433 e. The normalized spacial score (nSPS) is 14.1. The minimum Gasteiger partial charge on any atom is -0.433 e. The molecule has 0 aromatic rings. The fourth-order valence-corrected chi connectivity index (χ4v) is 1.24. The van der Waals surface area contributed by atoms with Crippen molar-refractivity contribution in [1.29, 1.82) is 0 Å². The molecule has 2 unspecified atom stereocenters. The Hall–Kier alpha value is -0.870. The second kappa shape index (κ2) is 10.3. The van der Waals surface area contributed by atoms with E-state index in [9.17, 15) is 4.79 Å². The highest BCUT2D eigenvalue weighted by atomic mass is 16.8. The summed E-state index contributed by atoms with van der Waals surface area (Å²) in [5.74, 6) is -0.464. The molecule has 0 N–H and O–H groups in total. The van der Waals surface area contributed by atoms with Gasteiger partial charge in [-0.05, 0) is 12.8 Å². The van der Waals surface area contributed by atoms with E-state index >= 15 is 0 Å². The highest BCUT2D eigenvalue weighted by molar-refractivity contribution is 5.81. The Kier molecular flexibility index (Phi) is 9.77. The van der Waals surface area contributed by atoms with Crippen LogP contribution in [0.4, 0.5) is 0 Å². The summed E-state index contributed by atoms with van der Waals surface area (Å²) in [5, 5.41) is 0. The van der Waals surface area contributed by atoms with E-state index in [1.54, 1.807) is 0 Å². The van der Waals surface area contributed by atoms with Gasteiger partial charge in [0.05, 0.1) is 0 Å². The summed E-state index contributed by atoms with van der Waals surface area (Å²) in [6.45, 7) is 10.0. The first-order valence-corrected chi connectivity index (χ1v) is 6.27. The van der Waals surface area contributed by atoms with Gasteiger partial charge in [-0.25, -0.2) is 4.79 Å². The van der Waals surface area contributed by atoms with Crippen LogP contribution in [0.5, 0.6) is 0 Å². The van der Waals surface area contributed by atoms with Crippen molar-refractivity contribution >= 4 is 5.97 Å². The Balaban J connectivity index is 4.18. The van der Waals surface area contributed by atoms with E-state index in [0.717, 1.165) is 25.3 Å². The van der Waals surface area contributed by atoms with Gasteiger partial charge in [0.1, 0.15) is 0 Å². The van der Waals surface area contributed by atoms with Gasteiger partial charge < -0.3 is 14.2 Å². The molecule has 17 heavy (non-hydrogen) atoms. The van der Waals surface area contributed by atoms with Gasteiger partial charge in [0.2, 0.25) is 6.29 Å². The van der Waals surface area contributed by atoms with Crippen LogP contribution < -0.4 is 0 Å². The molecule has 0 radical (unpaired) electrons. The molecule has 0 amide bonds. The molecule has 0 spiro atoms. The van der Waals surface area contributed by atoms with Gasteiger partial charge in [-0.1, -0.05) is 33.8 Å². The molecular weight excluding hydrogens is 220 g/mol. The summed E-state index contributed by atoms with van der Waals surface area (Å²) in [5.41, 5.74) is 0. The topological polar surface area (TPSA) is 44.8 Å². The second-order valence-corrected chi connectivity index (χ2v) is 3.70. The molecule has 4 heteroatoms. The number of carbonyl (C=O) groups excluding carboxylic acids is 1. The van der Waals surface area contributed by atoms with Crippen molar-refractivity contribution in [2.45, 2.75) is 59.0 Å². The monoisotopic (exact) mass is 244 g/mol. The summed E-state index contributed by atoms with van der Waals surface area (Å²) in [7, 11) is 0. The third kappa shape index (κ3) is 7.94. The Labute approximate surface area is 104 Å². The maximum atomic E-state index is 11.1. The molecule has 0 bridgehead atoms. The number of rotatable bonds is 10. The lowest BCUT2D eigenvalue weighted by Gasteiger charge is -2.23. The van der Waals surface area contributed by atoms with Gasteiger partial charge in [0.25, 0.3) is 0 Å². The van der Waals surface area contributed by atoms with Crippen molar-refractivity contribution in [1.82, 2.24) is 0 Å². The van der Waals surface area contributed by atoms with Crippen LogP contribution >= 0.6 is 0 Å². The smallest absolute Gasteiger partial charge is 0.332 e. The molecule has 0 rings (SSSR count). The molecule has 0 aliphatic rings. The average molecular weight is 244 g/mol. The standard InChI is InChI=1S/C13H24O4/c1-5-9-13(16-11(14)7-3)17-12(8-4)15-10-6-2/h7,12-13H,3,5-6,8-10H2,1-2,4H3. The second-order valence-electron chi connectivity index (χ2n) is 3.70. The van der Waals surface area contributed by atoms with Crippen molar-refractivity contribution in [2.24, 2.45) is 0 Å². The van der Waals surface area contributed by atoms with E-state index in [1.165, 1.54) is 0 Å². The number of ether oxygens (including phenoxy) is 3. The molecule has 0 fully saturated rings. The Morgan fingerprint density at radius 3 is 2.41 bits per heavy atom. The van der Waals surface area contributed by atoms with Gasteiger partial charge in [-0.15, -0.1) is 0 Å². The van der Waals surface area contributed by atoms with Crippen LogP contribution in [0.2, 0.25) is 0 Å². The van der Waals surface area contributed by atoms with Gasteiger partial charge in [-0.3, -0.25) is 0 Å². The predicted octanol–water partition coefficient (Wildman–Crippen LogP) is 3.02. The fraction of sp³-hybridized carbons (Fsp3) is 0.769. The SMILES string of the molecule is C=CC(=O)OC(CCC)OC(CC)OCCC. The van der Waals surface area contributed by atoms with E-state index in [2.05, 4.69) is 6.58 Å². The maximum absolute atomic E-state index is 11.1. The number of hydrogen-bond acceptors (Lipinski definition) is 4. The third-order valence-electron chi connectivity index (χ3n) is 2.08. The van der Waals surface area contributed by atoms with Gasteiger partial charge in [-0.2, -0.15) is 0 Å². The highest BCUT2D eigenvalue weighted by Gasteiger charge is 2.17. The molecule has 100 valence electrons. The first kappa shape index (κ1) is 16.1. The Morgan fingerprint density at radius 1 is 1.24 bits per heavy atom. The zero-order chi connectivity index (χ0) is 13.1. The lowest BCUT2D eigenvalue weighted by Crippen LogP contribution is -2.28. The third-order valence-corrected chi connectivity index (χ3v) is 2.08. The molecular formula is C13H24O4. The van der Waals surface area contributed by atoms with Crippen LogP contribution in [0.25, 0.3) is 0 Å². The average Bonchev–Trinajstić information content (AvgIpc) is 2.34. The predicted molar refractivity (Wildman–Crippen MR) is 66.4 cm³/mol. The van der Waals surface area contributed by atoms with Crippen LogP contribution in [0.1, 0.15) is 46.5 Å². The van der Waals surface area contributed by atoms with E-state index in [-0.39, 0.29) is 6.29 Å². The summed E-state index contributed by atoms with van der Waals surface area (Å²) < 4.78 is 16.2. The first-order valence-electron chi connectivity index (χ1n) is 6.27. The van der Waals surface area contributed by atoms with Crippen LogP contribution in [0.15, 0.2) is 12.7 Å². The number of carbonyl (C=O) groups is 1. The molecule has 0 aromatic carbocycles. The van der Waals surface area contributed by atoms with Crippen molar-refractivity contribution in [3.8, 4) is 0 Å². The number of esters is 1. The minimum absolute atomic E-state index is 0.316. The van der Waals surface area contributed by atoms with Crippen LogP contribution in [-0.4, -0.2) is 25.2 Å². The zero-order valence-corrected chi connectivity index (χ0v) is 11.1. The molecule has 0 aliphatic carbocycles. The summed E-state index contributed by atoms with van der Waals surface area (Å²) in [4.78, 5) is 11.1. The van der Waals surface area contributed by atoms with Gasteiger partial charge in [0.15, 0.2) is 6.29 Å². The lowest BCUT2D eigenvalue weighted by molar-refractivity contribution is -0.241. The molecule has 0 saturated heterocycles. The van der Waals surface area contributed by atoms with Crippen molar-refractivity contribution in [2.75, 3.05) is 6.61 Å². The van der Waals surface area contributed by atoms with Gasteiger partial charge in [0, 0.05) is 19.1 Å². The Bertz CT molecular complexity index is 215. The van der Waals surface area contributed by atoms with Crippen molar-refractivity contribution in [3.63, 3.8) is 0 Å². The van der Waals surface area contributed by atoms with Crippen molar-refractivity contribution in [3.05, 3.63) is 12.7 Å². The minimum atomic E-state index is -0.549. The maximum Gasteiger partial charge on any atom is 0.332 e. The summed E-state index contributed by atoms with van der Waals surface area (Å²) in [6, 6.07) is 0. The first-order chi connectivity index (χ1) is 8.17. The number of hydrogen-bond donors (Lipinski definition) is 0. The van der Waals surface area contributed by atoms with E-state index < -0.39 is 12.3 Å². The fourth-order valence-electron chi connectivity index (χ4n) is 1.24. The molecule has 2 atom stereocenters. The lowest BCUT2D eigenvalue weighted by atomic mass is 10.3. The quantitative estimate of drug-likeness (QED) is 0.336. The van der Waals surface area contributed by atoms with E-state index in [4.69, 9.17) is 14.2 Å². The summed E-state index contributed by atoms with van der Waals surface area (Å²) in [6.07, 6.45) is 3.47. The molecule has 0 aliphatic heterocycles. The molecule has 4 nitrogen and oxygen atoms in total. The molecule has 0 aromatic heterocycles. The van der Waals surface area contributed by atoms with Gasteiger partial charge >= 0.3 is 5.97 Å². The Morgan fingerprint density at radius 2 is 1.94 bits per heavy atom. The van der Waals surface area contributed by atoms with E-state index in [1.807, 2.05) is 20.8 Å². The summed E-state index contributed by atoms with van der Waals surface area (Å²) >= 11 is 0. The van der Waals surface area contributed by atoms with E-state index in [0.29, 0.717) is 13.0 Å². The van der Waals surface area contributed by atoms with Crippen LogP contribution in [0, 0.1) is 0 Å². The van der Waals surface area contributed by atoms with Crippen LogP contribution in [-0.2, 0) is 19.0 Å². The van der Waals surface area contributed by atoms with Crippen LogP contribution in [0.3, 0.4) is 0 Å². The van der Waals surface area contributed by atoms with Crippen molar-refractivity contribution < 1.29 is 19.0 Å². The highest BCUT2D eigenvalue weighted by Crippen LogP contribution is 2.11. The zero-order valence-electron chi connectivity index (χ0n) is 11.1. The molecule has 0 saturated carbocycles. The molecule has 0 heterocycles.